The van der Waals surface area contributed by atoms with E-state index in [0.717, 1.165) is 32.6 Å². The summed E-state index contributed by atoms with van der Waals surface area (Å²) in [6.45, 7) is 11.9. The number of hydrogen-bond donors (Lipinski definition) is 2. The first kappa shape index (κ1) is 43.5. The fraction of sp³-hybridized carbons (Fsp3) is 0.405. The number of thiol groups is 1. The molecule has 1 aliphatic rings. The number of carbonyl (C=O) groups is 2. The maximum atomic E-state index is 16.3. The van der Waals surface area contributed by atoms with Crippen LogP contribution in [0.15, 0.2) is 60.8 Å². The van der Waals surface area contributed by atoms with Crippen molar-refractivity contribution < 1.29 is 50.2 Å². The molecule has 316 valence electrons. The van der Waals surface area contributed by atoms with Crippen LogP contribution in [0.2, 0.25) is 0 Å². The number of aliphatic carboxylic acids is 1. The Morgan fingerprint density at radius 2 is 1.59 bits per heavy atom. The molecule has 17 heteroatoms. The number of halogens is 7. The van der Waals surface area contributed by atoms with Crippen LogP contribution in [0.1, 0.15) is 87.5 Å². The van der Waals surface area contributed by atoms with E-state index in [1.165, 1.54) is 24.4 Å². The number of para-hydroxylation sites is 1. The summed E-state index contributed by atoms with van der Waals surface area (Å²) >= 11 is 4.19. The van der Waals surface area contributed by atoms with Gasteiger partial charge in [-0.3, -0.25) is 9.58 Å². The van der Waals surface area contributed by atoms with Gasteiger partial charge in [-0.15, -0.1) is 0 Å². The highest BCUT2D eigenvalue weighted by molar-refractivity contribution is 7.80. The van der Waals surface area contributed by atoms with Crippen molar-refractivity contribution >= 4 is 35.6 Å². The summed E-state index contributed by atoms with van der Waals surface area (Å²) in [5.74, 6) is -2.59. The maximum absolute atomic E-state index is 16.3. The van der Waals surface area contributed by atoms with Gasteiger partial charge in [-0.05, 0) is 94.5 Å². The Bertz CT molecular complexity index is 2410. The number of carboxylic acid groups (broad SMARTS) is 1. The van der Waals surface area contributed by atoms with Crippen LogP contribution in [-0.4, -0.2) is 53.9 Å². The smallest absolute Gasteiger partial charge is 0.430 e. The van der Waals surface area contributed by atoms with E-state index in [1.54, 1.807) is 44.2 Å². The zero-order valence-electron chi connectivity index (χ0n) is 33.4. The minimum atomic E-state index is -5.08. The maximum Gasteiger partial charge on any atom is 0.430 e. The van der Waals surface area contributed by atoms with Crippen LogP contribution in [0, 0.1) is 5.82 Å². The van der Waals surface area contributed by atoms with Gasteiger partial charge in [0.25, 0.3) is 0 Å². The summed E-state index contributed by atoms with van der Waals surface area (Å²) in [7, 11) is 0. The summed E-state index contributed by atoms with van der Waals surface area (Å²) in [4.78, 5) is 27.9. The summed E-state index contributed by atoms with van der Waals surface area (Å²) in [5.41, 5.74) is -0.958. The SMILES string of the molecule is CCc1cccc(CC)c1-n1nc2c(c1-c1ccc(F)c3c1ccn3N(C(=O)OC(C)(C)C)C(CS)C(=O)O)CN(Cc1ccc(C(F)(F)F)cc1C(F)(F)F)C2(C)C. The molecule has 1 N–H and O–H groups in total. The monoisotopic (exact) mass is 847 g/mol. The van der Waals surface area contributed by atoms with Crippen molar-refractivity contribution in [2.24, 2.45) is 0 Å². The van der Waals surface area contributed by atoms with Crippen molar-refractivity contribution in [1.82, 2.24) is 19.4 Å². The van der Waals surface area contributed by atoms with Crippen LogP contribution in [0.4, 0.5) is 35.5 Å². The first-order chi connectivity index (χ1) is 27.4. The molecule has 0 fully saturated rings. The Kier molecular flexibility index (Phi) is 11.5. The van der Waals surface area contributed by atoms with E-state index in [2.05, 4.69) is 12.6 Å². The molecule has 0 aliphatic carbocycles. The van der Waals surface area contributed by atoms with Crippen molar-refractivity contribution in [3.8, 4) is 16.9 Å². The second kappa shape index (κ2) is 15.5. The fourth-order valence-electron chi connectivity index (χ4n) is 7.69. The van der Waals surface area contributed by atoms with Gasteiger partial charge in [-0.2, -0.15) is 49.1 Å². The predicted molar refractivity (Wildman–Crippen MR) is 212 cm³/mol. The molecule has 0 spiro atoms. The molecule has 59 heavy (non-hydrogen) atoms. The third kappa shape index (κ3) is 8.02. The Balaban J connectivity index is 1.60. The highest BCUT2D eigenvalue weighted by Crippen LogP contribution is 2.48. The molecule has 2 aromatic heterocycles. The van der Waals surface area contributed by atoms with E-state index < -0.39 is 58.5 Å². The second-order valence-electron chi connectivity index (χ2n) is 15.9. The minimum Gasteiger partial charge on any atom is -0.480 e. The van der Waals surface area contributed by atoms with Crippen LogP contribution in [0.3, 0.4) is 0 Å². The Morgan fingerprint density at radius 3 is 2.14 bits per heavy atom. The summed E-state index contributed by atoms with van der Waals surface area (Å²) < 4.78 is 108. The zero-order chi connectivity index (χ0) is 43.6. The molecule has 9 nitrogen and oxygen atoms in total. The first-order valence-corrected chi connectivity index (χ1v) is 19.5. The quantitative estimate of drug-likeness (QED) is 0.107. The van der Waals surface area contributed by atoms with Gasteiger partial charge in [0, 0.05) is 41.6 Å². The van der Waals surface area contributed by atoms with Gasteiger partial charge in [0.2, 0.25) is 0 Å². The molecule has 1 atom stereocenters. The number of benzene rings is 3. The fourth-order valence-corrected chi connectivity index (χ4v) is 8.00. The lowest BCUT2D eigenvalue weighted by molar-refractivity contribution is -0.144. The molecule has 1 unspecified atom stereocenters. The molecule has 0 saturated heterocycles. The molecule has 1 aliphatic heterocycles. The number of carbonyl (C=O) groups excluding carboxylic acids is 1. The van der Waals surface area contributed by atoms with E-state index in [0.29, 0.717) is 41.4 Å². The first-order valence-electron chi connectivity index (χ1n) is 18.9. The van der Waals surface area contributed by atoms with Crippen LogP contribution in [-0.2, 0) is 53.4 Å². The van der Waals surface area contributed by atoms with Gasteiger partial charge in [-0.1, -0.05) is 38.1 Å². The van der Waals surface area contributed by atoms with Crippen LogP contribution < -0.4 is 5.01 Å². The molecule has 1 amide bonds. The van der Waals surface area contributed by atoms with Gasteiger partial charge in [0.05, 0.1) is 33.7 Å². The lowest BCUT2D eigenvalue weighted by Gasteiger charge is -2.33. The van der Waals surface area contributed by atoms with Crippen LogP contribution >= 0.6 is 12.6 Å². The molecule has 0 saturated carbocycles. The average molecular weight is 848 g/mol. The molecule has 0 radical (unpaired) electrons. The van der Waals surface area contributed by atoms with Gasteiger partial charge in [-0.25, -0.2) is 18.7 Å². The van der Waals surface area contributed by atoms with E-state index in [1.807, 2.05) is 32.0 Å². The second-order valence-corrected chi connectivity index (χ2v) is 16.2. The zero-order valence-corrected chi connectivity index (χ0v) is 34.3. The Labute approximate surface area is 341 Å². The van der Waals surface area contributed by atoms with Crippen molar-refractivity contribution in [2.45, 2.75) is 104 Å². The van der Waals surface area contributed by atoms with Gasteiger partial charge >= 0.3 is 24.4 Å². The molecule has 3 heterocycles. The standard InChI is InChI=1S/C42H44F7N5O4S/c1-8-23-11-10-12-24(9-2)33(23)53-34(27-15-16-31(43)35-28(27)17-18-52(35)54(32(22-59)37(55)56)38(57)58-39(3,4)5)29-21-51(40(6,7)36(29)50-53)20-25-13-14-26(41(44,45)46)19-30(25)42(47,48)49/h10-19,32,59H,8-9,20-22H2,1-7H3,(H,55,56). The summed E-state index contributed by atoms with van der Waals surface area (Å²) in [5, 5.41) is 16.3. The number of rotatable bonds is 10. The largest absolute Gasteiger partial charge is 0.480 e. The van der Waals surface area contributed by atoms with Crippen LogP contribution in [0.25, 0.3) is 27.8 Å². The lowest BCUT2D eigenvalue weighted by Crippen LogP contribution is -2.54. The normalized spacial score (nSPS) is 15.1. The molecule has 5 aromatic rings. The van der Waals surface area contributed by atoms with Crippen molar-refractivity contribution in [1.29, 1.82) is 0 Å². The number of amides is 1. The van der Waals surface area contributed by atoms with Crippen molar-refractivity contribution in [2.75, 3.05) is 10.8 Å². The van der Waals surface area contributed by atoms with E-state index in [9.17, 15) is 41.0 Å². The molecular formula is C42H44F7N5O4S. The number of fused-ring (bicyclic) bond motifs is 2. The van der Waals surface area contributed by atoms with Crippen molar-refractivity contribution in [3.63, 3.8) is 0 Å². The van der Waals surface area contributed by atoms with Crippen molar-refractivity contribution in [3.05, 3.63) is 106 Å². The Hall–Kier alpha value is -5.03. The molecule has 3 aromatic carbocycles. The molecular weight excluding hydrogens is 804 g/mol. The number of hydrogen-bond acceptors (Lipinski definition) is 6. The summed E-state index contributed by atoms with van der Waals surface area (Å²) in [6.07, 6.45) is -8.61. The number of alkyl halides is 6. The van der Waals surface area contributed by atoms with E-state index in [4.69, 9.17) is 9.84 Å². The van der Waals surface area contributed by atoms with Gasteiger partial charge in [0.1, 0.15) is 16.9 Å². The number of ether oxygens (including phenoxy) is 1. The number of aryl methyl sites for hydroxylation is 2. The third-order valence-corrected chi connectivity index (χ3v) is 10.9. The highest BCUT2D eigenvalue weighted by atomic mass is 32.1. The van der Waals surface area contributed by atoms with E-state index >= 15 is 4.39 Å². The predicted octanol–water partition coefficient (Wildman–Crippen LogP) is 10.3. The lowest BCUT2D eigenvalue weighted by atomic mass is 9.96. The molecule has 6 rings (SSSR count). The Morgan fingerprint density at radius 1 is 0.949 bits per heavy atom. The number of carboxylic acids is 1. The molecule has 0 bridgehead atoms. The number of aromatic nitrogens is 3. The van der Waals surface area contributed by atoms with Gasteiger partial charge < -0.3 is 9.84 Å². The summed E-state index contributed by atoms with van der Waals surface area (Å²) in [6, 6.07) is 10.1. The minimum absolute atomic E-state index is 0.00388. The topological polar surface area (TPSA) is 92.8 Å². The third-order valence-electron chi connectivity index (χ3n) is 10.6. The van der Waals surface area contributed by atoms with Crippen LogP contribution in [0.5, 0.6) is 0 Å². The van der Waals surface area contributed by atoms with Gasteiger partial charge in [0.15, 0.2) is 6.04 Å². The number of nitrogens with zero attached hydrogens (tertiary/aromatic N) is 5. The highest BCUT2D eigenvalue weighted by Gasteiger charge is 2.46. The average Bonchev–Trinajstić information content (AvgIpc) is 3.81. The van der Waals surface area contributed by atoms with E-state index in [-0.39, 0.29) is 41.4 Å².